The van der Waals surface area contributed by atoms with E-state index >= 15 is 0 Å². The average molecular weight is 605 g/mol. The van der Waals surface area contributed by atoms with Crippen LogP contribution in [0.25, 0.3) is 55.9 Å². The highest BCUT2D eigenvalue weighted by Gasteiger charge is 2.52. The van der Waals surface area contributed by atoms with E-state index in [-0.39, 0.29) is 0 Å². The second kappa shape index (κ2) is 10.1. The van der Waals surface area contributed by atoms with Crippen LogP contribution in [-0.4, -0.2) is 19.9 Å². The molecule has 9 rings (SSSR count). The van der Waals surface area contributed by atoms with E-state index in [9.17, 15) is 0 Å². The molecule has 0 saturated heterocycles. The Hall–Kier alpha value is -5.74. The van der Waals surface area contributed by atoms with Crippen LogP contribution in [0.2, 0.25) is 0 Å². The molecule has 4 heteroatoms. The predicted molar refractivity (Wildman–Crippen MR) is 189 cm³/mol. The van der Waals surface area contributed by atoms with E-state index in [0.29, 0.717) is 5.82 Å². The minimum absolute atomic E-state index is 0.458. The number of nitrogens with zero attached hydrogens (tertiary/aromatic N) is 4. The van der Waals surface area contributed by atoms with Gasteiger partial charge in [-0.15, -0.1) is 0 Å². The normalized spacial score (nSPS) is 13.3. The number of hydrogen-bond acceptors (Lipinski definition) is 4. The zero-order valence-electron chi connectivity index (χ0n) is 26.8. The summed E-state index contributed by atoms with van der Waals surface area (Å²) in [6.45, 7) is 8.08. The van der Waals surface area contributed by atoms with Gasteiger partial charge in [0, 0.05) is 23.0 Å². The SMILES string of the molecule is Cc1cnc(C)c(-c2ccccc2-c2ccc3c(c2)-c2c(-c4nc(C)nc(C)n4)cccc2C32c3ccccc3-c3ccccc32)c1. The van der Waals surface area contributed by atoms with Gasteiger partial charge in [0.05, 0.1) is 5.41 Å². The van der Waals surface area contributed by atoms with Crippen LogP contribution < -0.4 is 0 Å². The molecule has 0 unspecified atom stereocenters. The molecule has 0 bridgehead atoms. The van der Waals surface area contributed by atoms with Crippen molar-refractivity contribution >= 4 is 0 Å². The number of pyridine rings is 1. The minimum Gasteiger partial charge on any atom is -0.261 e. The number of benzene rings is 5. The standard InChI is InChI=1S/C43H32N4/c1-25-22-35(26(2)44-24-25)31-13-6-5-12-30(31)29-20-21-39-36(23-29)41-34(42-46-27(3)45-28(4)47-42)16-11-19-40(41)43(39)37-17-9-7-14-32(37)33-15-8-10-18-38(33)43/h5-24H,1-4H3. The molecule has 0 N–H and O–H groups in total. The van der Waals surface area contributed by atoms with E-state index in [1.807, 2.05) is 20.0 Å². The molecule has 1 spiro atoms. The Morgan fingerprint density at radius 1 is 0.447 bits per heavy atom. The Morgan fingerprint density at radius 2 is 1.02 bits per heavy atom. The second-order valence-corrected chi connectivity index (χ2v) is 12.8. The van der Waals surface area contributed by atoms with Crippen molar-refractivity contribution < 1.29 is 0 Å². The molecule has 4 nitrogen and oxygen atoms in total. The number of aromatic nitrogens is 4. The van der Waals surface area contributed by atoms with Gasteiger partial charge in [0.15, 0.2) is 5.82 Å². The molecule has 0 radical (unpaired) electrons. The molecular formula is C43H32N4. The third-order valence-electron chi connectivity index (χ3n) is 9.97. The van der Waals surface area contributed by atoms with E-state index in [4.69, 9.17) is 15.0 Å². The van der Waals surface area contributed by atoms with Gasteiger partial charge < -0.3 is 0 Å². The summed E-state index contributed by atoms with van der Waals surface area (Å²) in [6, 6.07) is 42.5. The van der Waals surface area contributed by atoms with E-state index in [1.165, 1.54) is 61.2 Å². The molecule has 5 aromatic carbocycles. The van der Waals surface area contributed by atoms with Crippen molar-refractivity contribution in [3.63, 3.8) is 0 Å². The molecule has 2 aromatic heterocycles. The predicted octanol–water partition coefficient (Wildman–Crippen LogP) is 9.84. The molecule has 0 aliphatic heterocycles. The summed E-state index contributed by atoms with van der Waals surface area (Å²) in [5, 5.41) is 0. The van der Waals surface area contributed by atoms with Crippen molar-refractivity contribution in [3.05, 3.63) is 167 Å². The first kappa shape index (κ1) is 27.6. The summed E-state index contributed by atoms with van der Waals surface area (Å²) in [4.78, 5) is 19.0. The maximum atomic E-state index is 4.88. The van der Waals surface area contributed by atoms with Gasteiger partial charge in [0.2, 0.25) is 0 Å². The van der Waals surface area contributed by atoms with Crippen LogP contribution in [-0.2, 0) is 5.41 Å². The van der Waals surface area contributed by atoms with E-state index in [2.05, 4.69) is 134 Å². The van der Waals surface area contributed by atoms with Crippen LogP contribution in [0.3, 0.4) is 0 Å². The lowest BCUT2D eigenvalue weighted by Gasteiger charge is -2.30. The molecule has 0 amide bonds. The fourth-order valence-electron chi connectivity index (χ4n) is 8.16. The molecule has 0 atom stereocenters. The van der Waals surface area contributed by atoms with Crippen molar-refractivity contribution in [2.24, 2.45) is 0 Å². The summed E-state index contributed by atoms with van der Waals surface area (Å²) >= 11 is 0. The summed E-state index contributed by atoms with van der Waals surface area (Å²) in [6.07, 6.45) is 1.94. The van der Waals surface area contributed by atoms with E-state index < -0.39 is 5.41 Å². The lowest BCUT2D eigenvalue weighted by molar-refractivity contribution is 0.794. The third-order valence-corrected chi connectivity index (χ3v) is 9.97. The summed E-state index contributed by atoms with van der Waals surface area (Å²) in [5.41, 5.74) is 17.6. The molecule has 0 saturated carbocycles. The lowest BCUT2D eigenvalue weighted by Crippen LogP contribution is -2.25. The van der Waals surface area contributed by atoms with Crippen LogP contribution in [0, 0.1) is 27.7 Å². The summed E-state index contributed by atoms with van der Waals surface area (Å²) < 4.78 is 0. The number of fused-ring (bicyclic) bond motifs is 10. The molecule has 0 fully saturated rings. The van der Waals surface area contributed by atoms with Crippen LogP contribution in [0.4, 0.5) is 0 Å². The van der Waals surface area contributed by atoms with E-state index in [1.54, 1.807) is 0 Å². The first-order valence-corrected chi connectivity index (χ1v) is 16.2. The first-order valence-electron chi connectivity index (χ1n) is 16.2. The highest BCUT2D eigenvalue weighted by molar-refractivity contribution is 6.00. The van der Waals surface area contributed by atoms with Crippen molar-refractivity contribution in [2.45, 2.75) is 33.1 Å². The van der Waals surface area contributed by atoms with Crippen molar-refractivity contribution in [2.75, 3.05) is 0 Å². The Labute approximate surface area is 274 Å². The third kappa shape index (κ3) is 3.88. The van der Waals surface area contributed by atoms with Crippen LogP contribution in [0.5, 0.6) is 0 Å². The van der Waals surface area contributed by atoms with Crippen LogP contribution in [0.15, 0.2) is 121 Å². The fraction of sp³-hybridized carbons (Fsp3) is 0.116. The Kier molecular flexibility index (Phi) is 5.94. The van der Waals surface area contributed by atoms with Gasteiger partial charge >= 0.3 is 0 Å². The fourth-order valence-corrected chi connectivity index (χ4v) is 8.16. The smallest absolute Gasteiger partial charge is 0.163 e. The van der Waals surface area contributed by atoms with Crippen molar-refractivity contribution in [1.82, 2.24) is 19.9 Å². The molecule has 47 heavy (non-hydrogen) atoms. The lowest BCUT2D eigenvalue weighted by atomic mass is 9.70. The quantitative estimate of drug-likeness (QED) is 0.201. The van der Waals surface area contributed by atoms with Gasteiger partial charge in [-0.3, -0.25) is 4.98 Å². The first-order chi connectivity index (χ1) is 22.9. The minimum atomic E-state index is -0.458. The molecule has 2 aliphatic carbocycles. The van der Waals surface area contributed by atoms with Gasteiger partial charge in [0.25, 0.3) is 0 Å². The van der Waals surface area contributed by atoms with E-state index in [0.717, 1.165) is 34.0 Å². The number of hydrogen-bond donors (Lipinski definition) is 0. The molecule has 7 aromatic rings. The zero-order chi connectivity index (χ0) is 31.9. The van der Waals surface area contributed by atoms with Gasteiger partial charge in [-0.05, 0) is 107 Å². The number of aryl methyl sites for hydroxylation is 4. The monoisotopic (exact) mass is 604 g/mol. The highest BCUT2D eigenvalue weighted by Crippen LogP contribution is 2.64. The maximum Gasteiger partial charge on any atom is 0.163 e. The van der Waals surface area contributed by atoms with Crippen molar-refractivity contribution in [3.8, 4) is 55.9 Å². The molecule has 2 aliphatic rings. The molecule has 2 heterocycles. The molecule has 224 valence electrons. The summed E-state index contributed by atoms with van der Waals surface area (Å²) in [7, 11) is 0. The zero-order valence-corrected chi connectivity index (χ0v) is 26.8. The van der Waals surface area contributed by atoms with Crippen molar-refractivity contribution in [1.29, 1.82) is 0 Å². The van der Waals surface area contributed by atoms with Crippen LogP contribution >= 0.6 is 0 Å². The van der Waals surface area contributed by atoms with Gasteiger partial charge in [-0.1, -0.05) is 103 Å². The van der Waals surface area contributed by atoms with Gasteiger partial charge in [-0.2, -0.15) is 0 Å². The second-order valence-electron chi connectivity index (χ2n) is 12.8. The Bertz CT molecular complexity index is 2360. The van der Waals surface area contributed by atoms with Gasteiger partial charge in [0.1, 0.15) is 11.6 Å². The Morgan fingerprint density at radius 3 is 1.72 bits per heavy atom. The largest absolute Gasteiger partial charge is 0.261 e. The maximum absolute atomic E-state index is 4.88. The average Bonchev–Trinajstić information content (AvgIpc) is 3.56. The number of rotatable bonds is 3. The highest BCUT2D eigenvalue weighted by atomic mass is 15.0. The summed E-state index contributed by atoms with van der Waals surface area (Å²) in [5.74, 6) is 2.15. The molecular weight excluding hydrogens is 573 g/mol. The topological polar surface area (TPSA) is 51.6 Å². The Balaban J connectivity index is 1.38. The van der Waals surface area contributed by atoms with Gasteiger partial charge in [-0.25, -0.2) is 15.0 Å². The van der Waals surface area contributed by atoms with Crippen LogP contribution in [0.1, 0.15) is 45.2 Å².